The van der Waals surface area contributed by atoms with E-state index in [4.69, 9.17) is 4.74 Å². The van der Waals surface area contributed by atoms with Gasteiger partial charge in [-0.05, 0) is 43.7 Å². The third-order valence-electron chi connectivity index (χ3n) is 3.86. The van der Waals surface area contributed by atoms with E-state index in [1.54, 1.807) is 19.2 Å². The second-order valence-electron chi connectivity index (χ2n) is 5.77. The first-order chi connectivity index (χ1) is 13.0. The minimum absolute atomic E-state index is 0.152. The topological polar surface area (TPSA) is 87.9 Å². The number of nitrogens with zero attached hydrogens (tertiary/aromatic N) is 3. The SMILES string of the molecule is CCC(Sc1nc(C)ccc1C#N)C(=O)Nc1nc2ccc(OC)cc2s1. The fourth-order valence-electron chi connectivity index (χ4n) is 2.44. The predicted octanol–water partition coefficient (Wildman–Crippen LogP) is 4.39. The Morgan fingerprint density at radius 3 is 2.89 bits per heavy atom. The minimum atomic E-state index is -0.368. The van der Waals surface area contributed by atoms with E-state index in [0.717, 1.165) is 21.7 Å². The van der Waals surface area contributed by atoms with Crippen LogP contribution < -0.4 is 10.1 Å². The zero-order valence-corrected chi connectivity index (χ0v) is 16.8. The number of fused-ring (bicyclic) bond motifs is 1. The molecule has 2 aromatic heterocycles. The molecule has 1 atom stereocenters. The van der Waals surface area contributed by atoms with Crippen LogP contribution in [0.3, 0.4) is 0 Å². The summed E-state index contributed by atoms with van der Waals surface area (Å²) in [7, 11) is 1.61. The Bertz CT molecular complexity index is 1030. The average molecular weight is 399 g/mol. The molecule has 0 saturated heterocycles. The predicted molar refractivity (Wildman–Crippen MR) is 108 cm³/mol. The summed E-state index contributed by atoms with van der Waals surface area (Å²) < 4.78 is 6.16. The molecule has 138 valence electrons. The van der Waals surface area contributed by atoms with E-state index in [2.05, 4.69) is 21.4 Å². The van der Waals surface area contributed by atoms with Crippen LogP contribution in [0.5, 0.6) is 5.75 Å². The standard InChI is InChI=1S/C19H18N4O2S2/c1-4-15(26-18-12(10-20)6-5-11(2)21-18)17(24)23-19-22-14-8-7-13(25-3)9-16(14)27-19/h5-9,15H,4H2,1-3H3,(H,22,23,24). The smallest absolute Gasteiger partial charge is 0.239 e. The molecule has 0 saturated carbocycles. The second kappa shape index (κ2) is 8.37. The van der Waals surface area contributed by atoms with Gasteiger partial charge in [-0.2, -0.15) is 5.26 Å². The molecular formula is C19H18N4O2S2. The molecule has 2 heterocycles. The maximum atomic E-state index is 12.7. The van der Waals surface area contributed by atoms with Crippen molar-refractivity contribution in [3.8, 4) is 11.8 Å². The second-order valence-corrected chi connectivity index (χ2v) is 8.00. The average Bonchev–Trinajstić information content (AvgIpc) is 3.07. The van der Waals surface area contributed by atoms with Crippen LogP contribution in [-0.4, -0.2) is 28.2 Å². The van der Waals surface area contributed by atoms with Crippen LogP contribution >= 0.6 is 23.1 Å². The number of anilines is 1. The quantitative estimate of drug-likeness (QED) is 0.620. The van der Waals surface area contributed by atoms with Crippen LogP contribution in [0, 0.1) is 18.3 Å². The van der Waals surface area contributed by atoms with Crippen molar-refractivity contribution >= 4 is 44.4 Å². The Balaban J connectivity index is 1.78. The maximum absolute atomic E-state index is 12.7. The van der Waals surface area contributed by atoms with Crippen molar-refractivity contribution in [2.24, 2.45) is 0 Å². The summed E-state index contributed by atoms with van der Waals surface area (Å²) in [6, 6.07) is 11.3. The molecule has 0 spiro atoms. The van der Waals surface area contributed by atoms with E-state index in [0.29, 0.717) is 22.1 Å². The first kappa shape index (κ1) is 19.1. The molecule has 0 bridgehead atoms. The molecule has 1 N–H and O–H groups in total. The summed E-state index contributed by atoms with van der Waals surface area (Å²) in [6.07, 6.45) is 0.607. The van der Waals surface area contributed by atoms with Crippen LogP contribution in [-0.2, 0) is 4.79 Å². The van der Waals surface area contributed by atoms with Gasteiger partial charge in [0.05, 0.1) is 28.1 Å². The fourth-order valence-corrected chi connectivity index (χ4v) is 4.37. The first-order valence-electron chi connectivity index (χ1n) is 8.34. The van der Waals surface area contributed by atoms with Crippen molar-refractivity contribution in [3.63, 3.8) is 0 Å². The number of rotatable bonds is 6. The summed E-state index contributed by atoms with van der Waals surface area (Å²) in [5.74, 6) is 0.598. The van der Waals surface area contributed by atoms with Crippen molar-refractivity contribution in [2.75, 3.05) is 12.4 Å². The molecule has 1 unspecified atom stereocenters. The summed E-state index contributed by atoms with van der Waals surface area (Å²) in [4.78, 5) is 21.6. The van der Waals surface area contributed by atoms with E-state index in [-0.39, 0.29) is 11.2 Å². The highest BCUT2D eigenvalue weighted by atomic mass is 32.2. The Kier molecular flexibility index (Phi) is 5.94. The molecule has 0 radical (unpaired) electrons. The van der Waals surface area contributed by atoms with Crippen molar-refractivity contribution in [1.82, 2.24) is 9.97 Å². The van der Waals surface area contributed by atoms with Crippen LogP contribution in [0.15, 0.2) is 35.4 Å². The number of amides is 1. The molecule has 0 aliphatic carbocycles. The Hall–Kier alpha value is -2.63. The number of carbonyl (C=O) groups excluding carboxylic acids is 1. The molecule has 0 aliphatic rings. The highest BCUT2D eigenvalue weighted by Gasteiger charge is 2.22. The molecule has 8 heteroatoms. The van der Waals surface area contributed by atoms with Gasteiger partial charge in [0.15, 0.2) is 5.13 Å². The fraction of sp³-hybridized carbons (Fsp3) is 0.263. The Labute approximate surface area is 165 Å². The number of hydrogen-bond donors (Lipinski definition) is 1. The van der Waals surface area contributed by atoms with Gasteiger partial charge in [-0.3, -0.25) is 4.79 Å². The largest absolute Gasteiger partial charge is 0.497 e. The normalized spacial score (nSPS) is 11.8. The van der Waals surface area contributed by atoms with E-state index in [1.807, 2.05) is 32.0 Å². The Morgan fingerprint density at radius 1 is 1.37 bits per heavy atom. The van der Waals surface area contributed by atoms with Crippen LogP contribution in [0.4, 0.5) is 5.13 Å². The van der Waals surface area contributed by atoms with E-state index in [1.165, 1.54) is 23.1 Å². The number of hydrogen-bond acceptors (Lipinski definition) is 7. The molecule has 6 nitrogen and oxygen atoms in total. The number of aromatic nitrogens is 2. The molecule has 27 heavy (non-hydrogen) atoms. The van der Waals surface area contributed by atoms with Gasteiger partial charge in [-0.15, -0.1) is 0 Å². The molecule has 1 amide bonds. The minimum Gasteiger partial charge on any atom is -0.497 e. The highest BCUT2D eigenvalue weighted by Crippen LogP contribution is 2.31. The van der Waals surface area contributed by atoms with Gasteiger partial charge in [0.25, 0.3) is 0 Å². The van der Waals surface area contributed by atoms with Crippen LogP contribution in [0.2, 0.25) is 0 Å². The van der Waals surface area contributed by atoms with Crippen LogP contribution in [0.1, 0.15) is 24.6 Å². The van der Waals surface area contributed by atoms with E-state index >= 15 is 0 Å². The summed E-state index contributed by atoms with van der Waals surface area (Å²) in [6.45, 7) is 3.80. The number of benzene rings is 1. The highest BCUT2D eigenvalue weighted by molar-refractivity contribution is 8.00. The van der Waals surface area contributed by atoms with Gasteiger partial charge in [0, 0.05) is 5.69 Å². The number of ether oxygens (including phenoxy) is 1. The van der Waals surface area contributed by atoms with Gasteiger partial charge in [-0.25, -0.2) is 9.97 Å². The number of aryl methyl sites for hydroxylation is 1. The number of carbonyl (C=O) groups is 1. The lowest BCUT2D eigenvalue weighted by molar-refractivity contribution is -0.115. The lowest BCUT2D eigenvalue weighted by atomic mass is 10.3. The lowest BCUT2D eigenvalue weighted by Gasteiger charge is -2.14. The van der Waals surface area contributed by atoms with E-state index in [9.17, 15) is 10.1 Å². The molecular weight excluding hydrogens is 380 g/mol. The molecule has 0 fully saturated rings. The van der Waals surface area contributed by atoms with Gasteiger partial charge in [0.1, 0.15) is 16.8 Å². The number of pyridine rings is 1. The summed E-state index contributed by atoms with van der Waals surface area (Å²) in [5, 5.41) is 12.9. The first-order valence-corrected chi connectivity index (χ1v) is 10.0. The maximum Gasteiger partial charge on any atom is 0.239 e. The number of nitriles is 1. The molecule has 1 aromatic carbocycles. The number of thiazole rings is 1. The number of methoxy groups -OCH3 is 1. The summed E-state index contributed by atoms with van der Waals surface area (Å²) >= 11 is 2.70. The molecule has 3 rings (SSSR count). The third-order valence-corrected chi connectivity index (χ3v) is 6.16. The number of thioether (sulfide) groups is 1. The van der Waals surface area contributed by atoms with Crippen molar-refractivity contribution in [2.45, 2.75) is 30.5 Å². The zero-order valence-electron chi connectivity index (χ0n) is 15.1. The van der Waals surface area contributed by atoms with Crippen LogP contribution in [0.25, 0.3) is 10.2 Å². The van der Waals surface area contributed by atoms with Gasteiger partial charge in [0.2, 0.25) is 5.91 Å². The van der Waals surface area contributed by atoms with Gasteiger partial charge in [-0.1, -0.05) is 30.0 Å². The molecule has 0 aliphatic heterocycles. The van der Waals surface area contributed by atoms with Crippen molar-refractivity contribution in [3.05, 3.63) is 41.6 Å². The zero-order chi connectivity index (χ0) is 19.4. The summed E-state index contributed by atoms with van der Waals surface area (Å²) in [5.41, 5.74) is 2.10. The number of nitrogens with one attached hydrogen (secondary N) is 1. The van der Waals surface area contributed by atoms with E-state index < -0.39 is 0 Å². The van der Waals surface area contributed by atoms with Crippen molar-refractivity contribution in [1.29, 1.82) is 5.26 Å². The lowest BCUT2D eigenvalue weighted by Crippen LogP contribution is -2.24. The third kappa shape index (κ3) is 4.38. The van der Waals surface area contributed by atoms with Gasteiger partial charge >= 0.3 is 0 Å². The van der Waals surface area contributed by atoms with Crippen molar-refractivity contribution < 1.29 is 9.53 Å². The molecule has 3 aromatic rings. The van der Waals surface area contributed by atoms with Gasteiger partial charge < -0.3 is 10.1 Å². The monoisotopic (exact) mass is 398 g/mol. The Morgan fingerprint density at radius 2 is 2.19 bits per heavy atom.